The maximum atomic E-state index is 12.4. The maximum absolute atomic E-state index is 12.4. The highest BCUT2D eigenvalue weighted by molar-refractivity contribution is 14.0. The van der Waals surface area contributed by atoms with E-state index in [2.05, 4.69) is 15.6 Å². The summed E-state index contributed by atoms with van der Waals surface area (Å²) in [5.41, 5.74) is 8.67. The largest absolute Gasteiger partial charge is 0.493 e. The van der Waals surface area contributed by atoms with Crippen LogP contribution in [-0.2, 0) is 13.1 Å². The van der Waals surface area contributed by atoms with E-state index in [9.17, 15) is 4.79 Å². The van der Waals surface area contributed by atoms with Crippen molar-refractivity contribution in [3.05, 3.63) is 89.4 Å². The minimum atomic E-state index is -0.165. The molecule has 0 bridgehead atoms. The first-order valence-electron chi connectivity index (χ1n) is 9.87. The van der Waals surface area contributed by atoms with Crippen LogP contribution in [0.5, 0.6) is 5.75 Å². The van der Waals surface area contributed by atoms with Crippen molar-refractivity contribution in [3.8, 4) is 5.75 Å². The molecule has 1 unspecified atom stereocenters. The molecule has 1 atom stereocenters. The monoisotopic (exact) mass is 532 g/mol. The van der Waals surface area contributed by atoms with Gasteiger partial charge in [-0.1, -0.05) is 30.3 Å². The Labute approximate surface area is 198 Å². The Kier molecular flexibility index (Phi) is 7.94. The van der Waals surface area contributed by atoms with Crippen molar-refractivity contribution in [1.82, 2.24) is 10.6 Å². The van der Waals surface area contributed by atoms with Crippen LogP contribution in [0.4, 0.5) is 0 Å². The van der Waals surface area contributed by atoms with Gasteiger partial charge in [0.2, 0.25) is 0 Å². The highest BCUT2D eigenvalue weighted by Crippen LogP contribution is 2.31. The fourth-order valence-corrected chi connectivity index (χ4v) is 3.39. The third-order valence-electron chi connectivity index (χ3n) is 4.91. The van der Waals surface area contributed by atoms with Crippen molar-refractivity contribution in [1.29, 1.82) is 0 Å². The molecule has 8 heteroatoms. The lowest BCUT2D eigenvalue weighted by Crippen LogP contribution is -2.37. The fraction of sp³-hybridized carbons (Fsp3) is 0.217. The molecular weight excluding hydrogens is 507 g/mol. The summed E-state index contributed by atoms with van der Waals surface area (Å²) < 4.78 is 10.9. The third kappa shape index (κ3) is 6.00. The Morgan fingerprint density at radius 2 is 2.00 bits per heavy atom. The molecule has 162 valence electrons. The number of carbonyl (C=O) groups excluding carboxylic acids is 1. The molecular formula is C23H25IN4O3. The van der Waals surface area contributed by atoms with E-state index in [-0.39, 0.29) is 35.9 Å². The number of para-hydroxylation sites is 1. The van der Waals surface area contributed by atoms with Crippen LogP contribution in [0.1, 0.15) is 39.7 Å². The predicted molar refractivity (Wildman–Crippen MR) is 129 cm³/mol. The number of ether oxygens (including phenoxy) is 1. The fourth-order valence-electron chi connectivity index (χ4n) is 3.39. The molecule has 3 aromatic rings. The summed E-state index contributed by atoms with van der Waals surface area (Å²) in [6.07, 6.45) is 2.40. The van der Waals surface area contributed by atoms with Crippen molar-refractivity contribution in [3.63, 3.8) is 0 Å². The number of guanidine groups is 1. The number of halogens is 1. The van der Waals surface area contributed by atoms with Gasteiger partial charge in [-0.05, 0) is 35.9 Å². The van der Waals surface area contributed by atoms with Crippen molar-refractivity contribution in [2.75, 3.05) is 6.61 Å². The Bertz CT molecular complexity index is 1040. The van der Waals surface area contributed by atoms with Gasteiger partial charge >= 0.3 is 0 Å². The van der Waals surface area contributed by atoms with E-state index in [1.807, 2.05) is 48.5 Å². The number of fused-ring (bicyclic) bond motifs is 1. The molecule has 0 aliphatic carbocycles. The van der Waals surface area contributed by atoms with Crippen LogP contribution in [0, 0.1) is 0 Å². The third-order valence-corrected chi connectivity index (χ3v) is 4.91. The standard InChI is InChI=1S/C23H24N4O3.HI/c24-23(27-20-10-12-30-21-9-2-1-8-19(20)21)26-14-16-5-3-6-17(13-16)22(28)25-15-18-7-4-11-29-18;/h1-9,11,13,20H,10,12,14-15H2,(H,25,28)(H3,24,26,27);1H. The molecule has 7 nitrogen and oxygen atoms in total. The summed E-state index contributed by atoms with van der Waals surface area (Å²) in [4.78, 5) is 16.8. The maximum Gasteiger partial charge on any atom is 0.251 e. The van der Waals surface area contributed by atoms with Crippen LogP contribution >= 0.6 is 24.0 Å². The molecule has 2 aromatic carbocycles. The number of nitrogens with one attached hydrogen (secondary N) is 2. The summed E-state index contributed by atoms with van der Waals surface area (Å²) >= 11 is 0. The minimum Gasteiger partial charge on any atom is -0.493 e. The molecule has 0 saturated heterocycles. The summed E-state index contributed by atoms with van der Waals surface area (Å²) in [5, 5.41) is 6.12. The average molecular weight is 532 g/mol. The van der Waals surface area contributed by atoms with Gasteiger partial charge in [-0.15, -0.1) is 24.0 Å². The lowest BCUT2D eigenvalue weighted by Gasteiger charge is -2.26. The van der Waals surface area contributed by atoms with Gasteiger partial charge in [-0.25, -0.2) is 4.99 Å². The number of nitrogens with two attached hydrogens (primary N) is 1. The van der Waals surface area contributed by atoms with Gasteiger partial charge in [-0.2, -0.15) is 0 Å². The van der Waals surface area contributed by atoms with E-state index in [0.717, 1.165) is 23.3 Å². The second kappa shape index (κ2) is 10.9. The van der Waals surface area contributed by atoms with Crippen molar-refractivity contribution >= 4 is 35.8 Å². The molecule has 31 heavy (non-hydrogen) atoms. The van der Waals surface area contributed by atoms with Gasteiger partial charge in [0.1, 0.15) is 11.5 Å². The Morgan fingerprint density at radius 3 is 2.84 bits per heavy atom. The number of amides is 1. The molecule has 0 radical (unpaired) electrons. The lowest BCUT2D eigenvalue weighted by atomic mass is 10.0. The average Bonchev–Trinajstić information content (AvgIpc) is 3.30. The molecule has 2 heterocycles. The zero-order valence-corrected chi connectivity index (χ0v) is 19.2. The van der Waals surface area contributed by atoms with Crippen LogP contribution in [0.25, 0.3) is 0 Å². The first-order chi connectivity index (χ1) is 14.7. The molecule has 0 saturated carbocycles. The highest BCUT2D eigenvalue weighted by atomic mass is 127. The summed E-state index contributed by atoms with van der Waals surface area (Å²) in [6, 6.07) is 18.9. The number of rotatable bonds is 6. The number of nitrogens with zero attached hydrogens (tertiary/aromatic N) is 1. The van der Waals surface area contributed by atoms with Crippen LogP contribution in [0.2, 0.25) is 0 Å². The van der Waals surface area contributed by atoms with Crippen LogP contribution in [0.15, 0.2) is 76.3 Å². The Balaban J connectivity index is 0.00000272. The molecule has 1 aromatic heterocycles. The summed E-state index contributed by atoms with van der Waals surface area (Å²) in [7, 11) is 0. The van der Waals surface area contributed by atoms with E-state index < -0.39 is 0 Å². The summed E-state index contributed by atoms with van der Waals surface area (Å²) in [6.45, 7) is 1.36. The number of carbonyl (C=O) groups is 1. The van der Waals surface area contributed by atoms with Gasteiger partial charge in [-0.3, -0.25) is 4.79 Å². The Hall–Kier alpha value is -3.01. The van der Waals surface area contributed by atoms with Crippen LogP contribution < -0.4 is 21.1 Å². The quantitative estimate of drug-likeness (QED) is 0.255. The topological polar surface area (TPSA) is 102 Å². The number of furan rings is 1. The minimum absolute atomic E-state index is 0. The van der Waals surface area contributed by atoms with Gasteiger partial charge in [0.05, 0.1) is 32.0 Å². The zero-order valence-electron chi connectivity index (χ0n) is 16.9. The highest BCUT2D eigenvalue weighted by Gasteiger charge is 2.21. The molecule has 1 aliphatic rings. The van der Waals surface area contributed by atoms with Gasteiger partial charge in [0.15, 0.2) is 5.96 Å². The normalized spacial score (nSPS) is 15.2. The first kappa shape index (κ1) is 22.7. The second-order valence-corrected chi connectivity index (χ2v) is 7.04. The predicted octanol–water partition coefficient (Wildman–Crippen LogP) is 3.76. The van der Waals surface area contributed by atoms with E-state index in [0.29, 0.717) is 37.0 Å². The number of hydrogen-bond acceptors (Lipinski definition) is 4. The zero-order chi connectivity index (χ0) is 20.8. The smallest absolute Gasteiger partial charge is 0.251 e. The van der Waals surface area contributed by atoms with Crippen molar-refractivity contribution in [2.24, 2.45) is 10.7 Å². The molecule has 1 aliphatic heterocycles. The van der Waals surface area contributed by atoms with Crippen LogP contribution in [-0.4, -0.2) is 18.5 Å². The molecule has 1 amide bonds. The van der Waals surface area contributed by atoms with Gasteiger partial charge < -0.3 is 25.5 Å². The van der Waals surface area contributed by atoms with E-state index >= 15 is 0 Å². The number of aliphatic imine (C=N–C) groups is 1. The van der Waals surface area contributed by atoms with E-state index in [1.165, 1.54) is 0 Å². The lowest BCUT2D eigenvalue weighted by molar-refractivity contribution is 0.0948. The molecule has 0 spiro atoms. The molecule has 4 N–H and O–H groups in total. The van der Waals surface area contributed by atoms with Crippen LogP contribution in [0.3, 0.4) is 0 Å². The Morgan fingerprint density at radius 1 is 1.13 bits per heavy atom. The van der Waals surface area contributed by atoms with Crippen molar-refractivity contribution in [2.45, 2.75) is 25.6 Å². The van der Waals surface area contributed by atoms with Gasteiger partial charge in [0, 0.05) is 17.5 Å². The van der Waals surface area contributed by atoms with Gasteiger partial charge in [0.25, 0.3) is 5.91 Å². The first-order valence-corrected chi connectivity index (χ1v) is 9.87. The summed E-state index contributed by atoms with van der Waals surface area (Å²) in [5.74, 6) is 1.78. The molecule has 0 fully saturated rings. The second-order valence-electron chi connectivity index (χ2n) is 7.04. The van der Waals surface area contributed by atoms with E-state index in [1.54, 1.807) is 18.4 Å². The van der Waals surface area contributed by atoms with E-state index in [4.69, 9.17) is 14.9 Å². The molecule has 4 rings (SSSR count). The number of hydrogen-bond donors (Lipinski definition) is 3. The SMILES string of the molecule is I.NC(=NCc1cccc(C(=O)NCc2ccco2)c1)NC1CCOc2ccccc21. The van der Waals surface area contributed by atoms with Crippen molar-refractivity contribution < 1.29 is 13.9 Å². The number of benzene rings is 2.